The summed E-state index contributed by atoms with van der Waals surface area (Å²) in [7, 11) is -4.40. The number of hydrogen-bond donors (Lipinski definition) is 2. The van der Waals surface area contributed by atoms with Gasteiger partial charge in [0.15, 0.2) is 6.10 Å². The van der Waals surface area contributed by atoms with Crippen molar-refractivity contribution in [3.63, 3.8) is 0 Å². The summed E-state index contributed by atoms with van der Waals surface area (Å²) in [5.41, 5.74) is 5.36. The fraction of sp³-hybridized carbons (Fsp3) is 0.837. The maximum atomic E-state index is 12.7. The number of phosphoric acid groups is 1. The number of allylic oxidation sites excluding steroid dienone is 5. The highest BCUT2D eigenvalue weighted by Gasteiger charge is 2.36. The van der Waals surface area contributed by atoms with Gasteiger partial charge in [-0.1, -0.05) is 192 Å². The molecule has 11 heteroatoms. The third kappa shape index (κ3) is 37.9. The van der Waals surface area contributed by atoms with Crippen molar-refractivity contribution < 1.29 is 42.3 Å². The van der Waals surface area contributed by atoms with Crippen LogP contribution in [0.25, 0.3) is 0 Å². The van der Waals surface area contributed by atoms with Crippen molar-refractivity contribution in [1.29, 1.82) is 0 Å². The Bertz CT molecular complexity index is 1150. The topological polar surface area (TPSA) is 147 Å². The van der Waals surface area contributed by atoms with Crippen LogP contribution in [-0.2, 0) is 37.4 Å². The molecule has 350 valence electrons. The molecule has 0 amide bonds. The van der Waals surface area contributed by atoms with Crippen LogP contribution in [0.5, 0.6) is 0 Å². The van der Waals surface area contributed by atoms with Gasteiger partial charge < -0.3 is 24.8 Å². The van der Waals surface area contributed by atoms with Gasteiger partial charge in [0, 0.05) is 19.4 Å². The van der Waals surface area contributed by atoms with Crippen molar-refractivity contribution in [3.8, 4) is 0 Å². The molecule has 0 aromatic heterocycles. The van der Waals surface area contributed by atoms with Crippen LogP contribution in [0, 0.1) is 0 Å². The van der Waals surface area contributed by atoms with E-state index in [4.69, 9.17) is 29.0 Å². The van der Waals surface area contributed by atoms with Crippen LogP contribution in [0.4, 0.5) is 0 Å². The Morgan fingerprint density at radius 2 is 1.08 bits per heavy atom. The molecule has 0 aromatic rings. The molecule has 1 fully saturated rings. The van der Waals surface area contributed by atoms with Crippen molar-refractivity contribution in [1.82, 2.24) is 0 Å². The molecule has 3 N–H and O–H groups in total. The van der Waals surface area contributed by atoms with Crippen LogP contribution < -0.4 is 5.73 Å². The molecule has 60 heavy (non-hydrogen) atoms. The minimum Gasteiger partial charge on any atom is -0.462 e. The second-order valence-electron chi connectivity index (χ2n) is 16.7. The molecular formula is C49H90NO9P. The zero-order chi connectivity index (χ0) is 43.6. The fourth-order valence-corrected chi connectivity index (χ4v) is 7.96. The molecular weight excluding hydrogens is 778 g/mol. The number of phosphoric ester groups is 1. The lowest BCUT2D eigenvalue weighted by Gasteiger charge is -2.19. The first-order chi connectivity index (χ1) is 29.3. The van der Waals surface area contributed by atoms with E-state index < -0.39 is 32.5 Å². The van der Waals surface area contributed by atoms with Gasteiger partial charge in [-0.2, -0.15) is 0 Å². The monoisotopic (exact) mass is 868 g/mol. The summed E-state index contributed by atoms with van der Waals surface area (Å²) in [6.45, 7) is 3.65. The summed E-state index contributed by atoms with van der Waals surface area (Å²) in [4.78, 5) is 35.1. The molecule has 10 nitrogen and oxygen atoms in total. The maximum Gasteiger partial charge on any atom is 0.472 e. The number of carbonyl (C=O) groups is 2. The van der Waals surface area contributed by atoms with Gasteiger partial charge in [0.05, 0.1) is 25.4 Å². The smallest absolute Gasteiger partial charge is 0.462 e. The van der Waals surface area contributed by atoms with E-state index in [1.165, 1.54) is 135 Å². The summed E-state index contributed by atoms with van der Waals surface area (Å²) < 4.78 is 38.7. The molecule has 3 unspecified atom stereocenters. The number of esters is 2. The van der Waals surface area contributed by atoms with E-state index in [0.717, 1.165) is 44.9 Å². The summed E-state index contributed by atoms with van der Waals surface area (Å²) >= 11 is 0. The van der Waals surface area contributed by atoms with E-state index in [2.05, 4.69) is 50.3 Å². The Morgan fingerprint density at radius 3 is 1.63 bits per heavy atom. The number of nitrogens with two attached hydrogens (primary N) is 1. The number of hydrogen-bond acceptors (Lipinski definition) is 9. The van der Waals surface area contributed by atoms with Crippen molar-refractivity contribution in [2.45, 2.75) is 238 Å². The highest BCUT2D eigenvalue weighted by Crippen LogP contribution is 2.43. The van der Waals surface area contributed by atoms with Crippen molar-refractivity contribution in [2.75, 3.05) is 26.4 Å². The maximum absolute atomic E-state index is 12.7. The predicted molar refractivity (Wildman–Crippen MR) is 247 cm³/mol. The highest BCUT2D eigenvalue weighted by molar-refractivity contribution is 7.47. The van der Waals surface area contributed by atoms with Crippen LogP contribution in [-0.4, -0.2) is 61.5 Å². The standard InChI is InChI=1S/C49H90NO9P/c1-3-5-7-9-11-13-15-17-18-19-20-21-22-23-24-25-27-29-31-33-35-39-49(52)58-45(44-57-60(53,54)56-42-41-50)43-55-48(51)40-36-38-47-46(59-47)37-34-32-30-28-26-16-14-12-10-8-6-4-2/h12,14,26,28,32,34,45-47H,3-11,13,15-25,27,29-31,33,35-44,50H2,1-2H3,(H,53,54)/b14-12-,28-26-,34-32-/t45-,46?,47?/m1/s1. The summed E-state index contributed by atoms with van der Waals surface area (Å²) in [5.74, 6) is -0.896. The lowest BCUT2D eigenvalue weighted by atomic mass is 10.0. The Kier molecular flexibility index (Phi) is 38.6. The van der Waals surface area contributed by atoms with Gasteiger partial charge >= 0.3 is 19.8 Å². The molecule has 0 saturated carbocycles. The van der Waals surface area contributed by atoms with Gasteiger partial charge in [-0.25, -0.2) is 4.57 Å². The van der Waals surface area contributed by atoms with Gasteiger partial charge in [-0.05, 0) is 51.4 Å². The predicted octanol–water partition coefficient (Wildman–Crippen LogP) is 13.5. The molecule has 4 atom stereocenters. The number of carbonyl (C=O) groups excluding carboxylic acids is 2. The zero-order valence-corrected chi connectivity index (χ0v) is 39.3. The third-order valence-corrected chi connectivity index (χ3v) is 11.9. The molecule has 1 aliphatic heterocycles. The van der Waals surface area contributed by atoms with E-state index in [9.17, 15) is 19.0 Å². The van der Waals surface area contributed by atoms with Gasteiger partial charge in [0.25, 0.3) is 0 Å². The molecule has 0 spiro atoms. The normalized spacial score (nSPS) is 16.9. The number of ether oxygens (including phenoxy) is 3. The molecule has 1 aliphatic rings. The van der Waals surface area contributed by atoms with E-state index in [-0.39, 0.29) is 44.8 Å². The van der Waals surface area contributed by atoms with E-state index in [1.54, 1.807) is 0 Å². The van der Waals surface area contributed by atoms with Crippen molar-refractivity contribution in [2.24, 2.45) is 5.73 Å². The van der Waals surface area contributed by atoms with Crippen LogP contribution in [0.2, 0.25) is 0 Å². The molecule has 0 radical (unpaired) electrons. The van der Waals surface area contributed by atoms with E-state index in [1.807, 2.05) is 0 Å². The summed E-state index contributed by atoms with van der Waals surface area (Å²) in [6, 6.07) is 0. The van der Waals surface area contributed by atoms with Crippen LogP contribution in [0.15, 0.2) is 36.5 Å². The summed E-state index contributed by atoms with van der Waals surface area (Å²) in [6.07, 6.45) is 49.1. The Morgan fingerprint density at radius 1 is 0.600 bits per heavy atom. The minimum atomic E-state index is -4.40. The van der Waals surface area contributed by atoms with Crippen molar-refractivity contribution >= 4 is 19.8 Å². The quantitative estimate of drug-likeness (QED) is 0.0199. The lowest BCUT2D eigenvalue weighted by Crippen LogP contribution is -2.29. The molecule has 1 saturated heterocycles. The average molecular weight is 868 g/mol. The Hall–Kier alpha value is -1.81. The zero-order valence-electron chi connectivity index (χ0n) is 38.4. The lowest BCUT2D eigenvalue weighted by molar-refractivity contribution is -0.161. The number of rotatable bonds is 45. The highest BCUT2D eigenvalue weighted by atomic mass is 31.2. The molecule has 0 bridgehead atoms. The van der Waals surface area contributed by atoms with Crippen LogP contribution >= 0.6 is 7.82 Å². The number of epoxide rings is 1. The molecule has 1 rings (SSSR count). The van der Waals surface area contributed by atoms with E-state index >= 15 is 0 Å². The first kappa shape index (κ1) is 56.2. The fourth-order valence-electron chi connectivity index (χ4n) is 7.19. The van der Waals surface area contributed by atoms with Crippen molar-refractivity contribution in [3.05, 3.63) is 36.5 Å². The van der Waals surface area contributed by atoms with E-state index in [0.29, 0.717) is 12.8 Å². The van der Waals surface area contributed by atoms with Gasteiger partial charge in [-0.3, -0.25) is 18.6 Å². The average Bonchev–Trinajstić information content (AvgIpc) is 3.99. The van der Waals surface area contributed by atoms with Gasteiger partial charge in [0.1, 0.15) is 6.61 Å². The molecule has 0 aliphatic carbocycles. The Labute approximate surface area is 367 Å². The first-order valence-electron chi connectivity index (χ1n) is 24.6. The second kappa shape index (κ2) is 41.2. The minimum absolute atomic E-state index is 0.0436. The van der Waals surface area contributed by atoms with Crippen LogP contribution in [0.1, 0.15) is 219 Å². The summed E-state index contributed by atoms with van der Waals surface area (Å²) in [5, 5.41) is 0. The first-order valence-corrected chi connectivity index (χ1v) is 26.1. The third-order valence-electron chi connectivity index (χ3n) is 11.0. The Balaban J connectivity index is 2.16. The van der Waals surface area contributed by atoms with Crippen LogP contribution in [0.3, 0.4) is 0 Å². The molecule has 1 heterocycles. The largest absolute Gasteiger partial charge is 0.472 e. The molecule has 0 aromatic carbocycles. The SMILES string of the molecule is CCCCC/C=C\C/C=C\C/C=C\CC1OC1CCCC(=O)OC[C@H](COP(=O)(O)OCCN)OC(=O)CCCCCCCCCCCCCCCCCCCCCCC. The second-order valence-corrected chi connectivity index (χ2v) is 18.2. The van der Waals surface area contributed by atoms with Gasteiger partial charge in [0.2, 0.25) is 0 Å². The number of unbranched alkanes of at least 4 members (excludes halogenated alkanes) is 23. The van der Waals surface area contributed by atoms with Gasteiger partial charge in [-0.15, -0.1) is 0 Å².